The van der Waals surface area contributed by atoms with Crippen LogP contribution in [0.15, 0.2) is 46.0 Å². The molecule has 0 aliphatic carbocycles. The number of rotatable bonds is 7. The Hall–Kier alpha value is -2.99. The molecule has 0 saturated carbocycles. The maximum Gasteiger partial charge on any atom is 0.264 e. The summed E-state index contributed by atoms with van der Waals surface area (Å²) in [5.74, 6) is 3.57. The molecule has 0 atom stereocenters. The van der Waals surface area contributed by atoms with E-state index < -0.39 is 23.2 Å². The van der Waals surface area contributed by atoms with Crippen LogP contribution in [0.25, 0.3) is 0 Å². The van der Waals surface area contributed by atoms with E-state index >= 15 is 0 Å². The van der Waals surface area contributed by atoms with E-state index in [0.29, 0.717) is 0 Å². The Morgan fingerprint density at radius 3 is 2.71 bits per heavy atom. The van der Waals surface area contributed by atoms with Crippen molar-refractivity contribution in [1.82, 2.24) is 14.9 Å². The van der Waals surface area contributed by atoms with Gasteiger partial charge in [-0.2, -0.15) is 5.10 Å². The number of nitrogen functional groups attached to an aromatic ring is 1. The first-order valence-electron chi connectivity index (χ1n) is 7.87. The van der Waals surface area contributed by atoms with Crippen molar-refractivity contribution in [2.24, 2.45) is 5.10 Å². The molecular formula is C16H15F2N7OS2. The highest BCUT2D eigenvalue weighted by Gasteiger charge is 2.15. The molecule has 0 aliphatic heterocycles. The molecule has 0 unspecified atom stereocenters. The molecule has 1 aromatic carbocycles. The van der Waals surface area contributed by atoms with E-state index in [1.165, 1.54) is 6.07 Å². The summed E-state index contributed by atoms with van der Waals surface area (Å²) in [6, 6.07) is 7.16. The highest BCUT2D eigenvalue weighted by Crippen LogP contribution is 2.20. The van der Waals surface area contributed by atoms with Gasteiger partial charge in [0.1, 0.15) is 17.3 Å². The van der Waals surface area contributed by atoms with Gasteiger partial charge in [0.15, 0.2) is 0 Å². The first kappa shape index (κ1) is 19.8. The van der Waals surface area contributed by atoms with Crippen LogP contribution in [0.5, 0.6) is 0 Å². The van der Waals surface area contributed by atoms with Crippen LogP contribution in [0.4, 0.5) is 20.4 Å². The molecule has 3 aromatic rings. The average Bonchev–Trinajstić information content (AvgIpc) is 3.32. The number of carbonyl (C=O) groups is 1. The van der Waals surface area contributed by atoms with Crippen molar-refractivity contribution in [3.63, 3.8) is 0 Å². The molecule has 146 valence electrons. The van der Waals surface area contributed by atoms with E-state index in [1.54, 1.807) is 11.3 Å². The highest BCUT2D eigenvalue weighted by atomic mass is 32.2. The maximum absolute atomic E-state index is 13.6. The predicted octanol–water partition coefficient (Wildman–Crippen LogP) is 2.90. The van der Waals surface area contributed by atoms with E-state index in [1.807, 2.05) is 24.4 Å². The van der Waals surface area contributed by atoms with Crippen LogP contribution in [0, 0.1) is 11.6 Å². The second kappa shape index (κ2) is 8.80. The average molecular weight is 423 g/mol. The molecule has 0 aliphatic rings. The van der Waals surface area contributed by atoms with Crippen molar-refractivity contribution in [2.75, 3.05) is 22.3 Å². The molecular weight excluding hydrogens is 408 g/mol. The summed E-state index contributed by atoms with van der Waals surface area (Å²) in [6.07, 6.45) is 0. The monoisotopic (exact) mass is 423 g/mol. The molecule has 0 saturated heterocycles. The fourth-order valence-corrected chi connectivity index (χ4v) is 3.38. The molecule has 4 N–H and O–H groups in total. The number of nitrogens with zero attached hydrogens (tertiary/aromatic N) is 4. The molecule has 0 radical (unpaired) electrons. The van der Waals surface area contributed by atoms with Gasteiger partial charge in [-0.15, -0.1) is 21.5 Å². The number of para-hydroxylation sites is 1. The van der Waals surface area contributed by atoms with Crippen LogP contribution in [0.2, 0.25) is 0 Å². The number of hydrogen-bond donors (Lipinski definition) is 3. The Morgan fingerprint density at radius 2 is 2.04 bits per heavy atom. The van der Waals surface area contributed by atoms with Crippen molar-refractivity contribution in [1.29, 1.82) is 0 Å². The Labute approximate surface area is 166 Å². The summed E-state index contributed by atoms with van der Waals surface area (Å²) in [5, 5.41) is 16.3. The zero-order chi connectivity index (χ0) is 20.1. The number of benzene rings is 1. The molecule has 3 rings (SSSR count). The topological polar surface area (TPSA) is 110 Å². The van der Waals surface area contributed by atoms with Gasteiger partial charge < -0.3 is 11.2 Å². The number of thiophene rings is 1. The van der Waals surface area contributed by atoms with Crippen LogP contribution in [-0.2, 0) is 4.79 Å². The number of nitrogens with two attached hydrogens (primary N) is 1. The van der Waals surface area contributed by atoms with Crippen molar-refractivity contribution in [2.45, 2.75) is 12.1 Å². The number of halogens is 2. The number of hydrazone groups is 1. The summed E-state index contributed by atoms with van der Waals surface area (Å²) < 4.78 is 28.3. The maximum atomic E-state index is 13.6. The van der Waals surface area contributed by atoms with E-state index in [2.05, 4.69) is 26.0 Å². The number of aromatic nitrogens is 3. The zero-order valence-corrected chi connectivity index (χ0v) is 16.2. The Morgan fingerprint density at radius 1 is 1.29 bits per heavy atom. The van der Waals surface area contributed by atoms with Crippen LogP contribution >= 0.6 is 23.1 Å². The van der Waals surface area contributed by atoms with E-state index in [4.69, 9.17) is 5.84 Å². The van der Waals surface area contributed by atoms with Crippen LogP contribution in [0.3, 0.4) is 0 Å². The molecule has 0 bridgehead atoms. The largest absolute Gasteiger partial charge is 0.334 e. The Kier molecular flexibility index (Phi) is 6.21. The number of amides is 1. The summed E-state index contributed by atoms with van der Waals surface area (Å²) in [4.78, 5) is 12.9. The first-order chi connectivity index (χ1) is 13.5. The van der Waals surface area contributed by atoms with Gasteiger partial charge in [0.05, 0.1) is 11.5 Å². The summed E-state index contributed by atoms with van der Waals surface area (Å²) in [7, 11) is 0. The quantitative estimate of drug-likeness (QED) is 0.233. The van der Waals surface area contributed by atoms with Gasteiger partial charge in [-0.25, -0.2) is 18.9 Å². The molecule has 0 fully saturated rings. The number of thioether (sulfide) groups is 1. The molecule has 8 nitrogen and oxygen atoms in total. The SMILES string of the molecule is C/C(=N\Nc1nnc(SCC(=O)Nc2c(F)cccc2F)n1N)c1cccs1. The second-order valence-electron chi connectivity index (χ2n) is 5.40. The molecule has 1 amide bonds. The van der Waals surface area contributed by atoms with Crippen molar-refractivity contribution in [3.05, 3.63) is 52.2 Å². The van der Waals surface area contributed by atoms with Gasteiger partial charge in [0, 0.05) is 4.88 Å². The van der Waals surface area contributed by atoms with Gasteiger partial charge in [0.25, 0.3) is 5.95 Å². The third-order valence-corrected chi connectivity index (χ3v) is 5.35. The lowest BCUT2D eigenvalue weighted by molar-refractivity contribution is -0.113. The smallest absolute Gasteiger partial charge is 0.264 e. The van der Waals surface area contributed by atoms with Gasteiger partial charge in [-0.05, 0) is 30.5 Å². The van der Waals surface area contributed by atoms with Gasteiger partial charge in [-0.3, -0.25) is 4.79 Å². The minimum absolute atomic E-state index is 0.166. The third-order valence-electron chi connectivity index (χ3n) is 3.43. The van der Waals surface area contributed by atoms with Crippen molar-refractivity contribution < 1.29 is 13.6 Å². The number of nitrogens with one attached hydrogen (secondary N) is 2. The summed E-state index contributed by atoms with van der Waals surface area (Å²) >= 11 is 2.50. The van der Waals surface area contributed by atoms with E-state index in [0.717, 1.165) is 39.2 Å². The van der Waals surface area contributed by atoms with Crippen LogP contribution in [-0.4, -0.2) is 32.2 Å². The predicted molar refractivity (Wildman–Crippen MR) is 106 cm³/mol. The minimum atomic E-state index is -0.856. The van der Waals surface area contributed by atoms with E-state index in [-0.39, 0.29) is 16.9 Å². The fraction of sp³-hybridized carbons (Fsp3) is 0.125. The summed E-state index contributed by atoms with van der Waals surface area (Å²) in [5.41, 5.74) is 2.96. The standard InChI is InChI=1S/C16H15F2N7OS2/c1-9(12-6-3-7-27-12)21-22-15-23-24-16(25(15)19)28-8-13(26)20-14-10(17)4-2-5-11(14)18/h2-7H,8,19H2,1H3,(H,20,26)(H,22,23)/b21-9+. The molecule has 0 spiro atoms. The van der Waals surface area contributed by atoms with Gasteiger partial charge in [-0.1, -0.05) is 23.9 Å². The van der Waals surface area contributed by atoms with Crippen LogP contribution in [0.1, 0.15) is 11.8 Å². The van der Waals surface area contributed by atoms with Crippen LogP contribution < -0.4 is 16.6 Å². The number of hydrogen-bond acceptors (Lipinski definition) is 8. The minimum Gasteiger partial charge on any atom is -0.334 e. The fourth-order valence-electron chi connectivity index (χ4n) is 2.05. The normalized spacial score (nSPS) is 11.5. The van der Waals surface area contributed by atoms with Crippen molar-refractivity contribution >= 4 is 46.4 Å². The number of anilines is 2. The first-order valence-corrected chi connectivity index (χ1v) is 9.73. The second-order valence-corrected chi connectivity index (χ2v) is 7.29. The van der Waals surface area contributed by atoms with Gasteiger partial charge in [0.2, 0.25) is 11.1 Å². The Bertz CT molecular complexity index is 984. The molecule has 28 heavy (non-hydrogen) atoms. The van der Waals surface area contributed by atoms with Crippen molar-refractivity contribution in [3.8, 4) is 0 Å². The lowest BCUT2D eigenvalue weighted by atomic mass is 10.3. The molecule has 2 aromatic heterocycles. The zero-order valence-electron chi connectivity index (χ0n) is 14.5. The van der Waals surface area contributed by atoms with E-state index in [9.17, 15) is 13.6 Å². The highest BCUT2D eigenvalue weighted by molar-refractivity contribution is 7.99. The third kappa shape index (κ3) is 4.64. The van der Waals surface area contributed by atoms with Gasteiger partial charge >= 0.3 is 0 Å². The summed E-state index contributed by atoms with van der Waals surface area (Å²) in [6.45, 7) is 1.83. The lowest BCUT2D eigenvalue weighted by Gasteiger charge is -2.07. The Balaban J connectivity index is 1.58. The number of carbonyl (C=O) groups excluding carboxylic acids is 1. The lowest BCUT2D eigenvalue weighted by Crippen LogP contribution is -2.18. The molecule has 2 heterocycles. The molecule has 12 heteroatoms.